The van der Waals surface area contributed by atoms with Gasteiger partial charge in [-0.15, -0.1) is 0 Å². The van der Waals surface area contributed by atoms with Crippen LogP contribution < -0.4 is 10.3 Å². The lowest BCUT2D eigenvalue weighted by Crippen LogP contribution is -2.45. The second-order valence-electron chi connectivity index (χ2n) is 5.80. The van der Waals surface area contributed by atoms with Crippen molar-refractivity contribution in [3.63, 3.8) is 0 Å². The lowest BCUT2D eigenvalue weighted by Gasteiger charge is -2.24. The van der Waals surface area contributed by atoms with E-state index in [2.05, 4.69) is 36.5 Å². The molecule has 1 aliphatic rings. The summed E-state index contributed by atoms with van der Waals surface area (Å²) in [5.74, 6) is 0. The van der Waals surface area contributed by atoms with Crippen molar-refractivity contribution in [3.8, 4) is 0 Å². The molecular weight excluding hydrogens is 256 g/mol. The van der Waals surface area contributed by atoms with Crippen molar-refractivity contribution in [3.05, 3.63) is 51.5 Å². The molecule has 0 radical (unpaired) electrons. The first-order valence-corrected chi connectivity index (χ1v) is 6.83. The van der Waals surface area contributed by atoms with Crippen molar-refractivity contribution in [2.24, 2.45) is 0 Å². The molecule has 0 aliphatic carbocycles. The molecule has 0 saturated carbocycles. The topological polar surface area (TPSA) is 59.1 Å². The van der Waals surface area contributed by atoms with Gasteiger partial charge in [-0.2, -0.15) is 0 Å². The molecule has 1 atom stereocenters. The van der Waals surface area contributed by atoms with Gasteiger partial charge in [0, 0.05) is 6.42 Å². The molecule has 0 amide bonds. The average Bonchev–Trinajstić information content (AvgIpc) is 2.71. The first-order valence-electron chi connectivity index (χ1n) is 6.83. The third-order valence-corrected chi connectivity index (χ3v) is 3.78. The van der Waals surface area contributed by atoms with E-state index in [1.165, 1.54) is 5.56 Å². The van der Waals surface area contributed by atoms with E-state index >= 15 is 0 Å². The SMILES string of the molecule is Cc1ccc(C2CC[n+]3[nH]oc(=O)c3C(C)(C)O2)cc1. The lowest BCUT2D eigenvalue weighted by atomic mass is 10.0. The Bertz CT molecular complexity index is 667. The van der Waals surface area contributed by atoms with E-state index in [0.717, 1.165) is 12.0 Å². The number of benzene rings is 1. The Kier molecular flexibility index (Phi) is 3.01. The van der Waals surface area contributed by atoms with E-state index in [4.69, 9.17) is 9.26 Å². The average molecular weight is 275 g/mol. The predicted molar refractivity (Wildman–Crippen MR) is 72.2 cm³/mol. The Morgan fingerprint density at radius 3 is 2.70 bits per heavy atom. The van der Waals surface area contributed by atoms with Crippen molar-refractivity contribution in [1.82, 2.24) is 5.27 Å². The van der Waals surface area contributed by atoms with Crippen molar-refractivity contribution in [1.29, 1.82) is 0 Å². The molecule has 2 heterocycles. The summed E-state index contributed by atoms with van der Waals surface area (Å²) in [7, 11) is 0. The molecule has 3 rings (SSSR count). The standard InChI is InChI=1S/C15H18N2O3/c1-10-4-6-11(7-5-10)12-8-9-17-13(14(18)20-16-17)15(2,3)19-12/h4-7,12H,8-9H2,1-3H3/p+1. The van der Waals surface area contributed by atoms with Gasteiger partial charge >= 0.3 is 11.3 Å². The zero-order chi connectivity index (χ0) is 14.3. The van der Waals surface area contributed by atoms with E-state index in [1.54, 1.807) is 4.68 Å². The second-order valence-corrected chi connectivity index (χ2v) is 5.80. The third kappa shape index (κ3) is 2.18. The molecule has 2 aromatic rings. The molecule has 0 fully saturated rings. The van der Waals surface area contributed by atoms with Crippen LogP contribution in [0.3, 0.4) is 0 Å². The van der Waals surface area contributed by atoms with E-state index in [-0.39, 0.29) is 11.7 Å². The highest BCUT2D eigenvalue weighted by atomic mass is 16.5. The molecular formula is C15H19N2O3+. The van der Waals surface area contributed by atoms with Crippen LogP contribution >= 0.6 is 0 Å². The fraction of sp³-hybridized carbons (Fsp3) is 0.467. The lowest BCUT2D eigenvalue weighted by molar-refractivity contribution is -0.770. The summed E-state index contributed by atoms with van der Waals surface area (Å²) >= 11 is 0. The van der Waals surface area contributed by atoms with Gasteiger partial charge in [0.05, 0.1) is 6.10 Å². The van der Waals surface area contributed by atoms with E-state index < -0.39 is 5.60 Å². The number of aryl methyl sites for hydroxylation is 2. The summed E-state index contributed by atoms with van der Waals surface area (Å²) in [5, 5.41) is 2.65. The summed E-state index contributed by atoms with van der Waals surface area (Å²) in [6.45, 7) is 6.53. The monoisotopic (exact) mass is 275 g/mol. The summed E-state index contributed by atoms with van der Waals surface area (Å²) in [6, 6.07) is 8.33. The van der Waals surface area contributed by atoms with Crippen molar-refractivity contribution in [2.75, 3.05) is 0 Å². The van der Waals surface area contributed by atoms with Crippen LogP contribution in [0, 0.1) is 6.92 Å². The van der Waals surface area contributed by atoms with Gasteiger partial charge in [-0.05, 0) is 31.6 Å². The molecule has 20 heavy (non-hydrogen) atoms. The molecule has 5 heteroatoms. The highest BCUT2D eigenvalue weighted by molar-refractivity contribution is 5.23. The number of ether oxygens (including phenoxy) is 1. The number of rotatable bonds is 1. The number of H-pyrrole nitrogens is 1. The Morgan fingerprint density at radius 1 is 1.30 bits per heavy atom. The van der Waals surface area contributed by atoms with Gasteiger partial charge in [-0.25, -0.2) is 4.79 Å². The maximum Gasteiger partial charge on any atom is 0.433 e. The Balaban J connectivity index is 1.96. The van der Waals surface area contributed by atoms with E-state index in [0.29, 0.717) is 12.2 Å². The van der Waals surface area contributed by atoms with Crippen LogP contribution in [0.4, 0.5) is 0 Å². The van der Waals surface area contributed by atoms with E-state index in [1.807, 2.05) is 13.8 Å². The van der Waals surface area contributed by atoms with Crippen molar-refractivity contribution < 1.29 is 13.9 Å². The Labute approximate surface area is 117 Å². The first kappa shape index (κ1) is 13.1. The Morgan fingerprint density at radius 2 is 2.00 bits per heavy atom. The molecule has 0 bridgehead atoms. The fourth-order valence-electron chi connectivity index (χ4n) is 2.76. The predicted octanol–water partition coefficient (Wildman–Crippen LogP) is 1.96. The van der Waals surface area contributed by atoms with Gasteiger partial charge in [0.15, 0.2) is 12.1 Å². The zero-order valence-electron chi connectivity index (χ0n) is 12.0. The molecule has 5 nitrogen and oxygen atoms in total. The van der Waals surface area contributed by atoms with Gasteiger partial charge in [-0.3, -0.25) is 4.52 Å². The minimum Gasteiger partial charge on any atom is -0.356 e. The third-order valence-electron chi connectivity index (χ3n) is 3.78. The normalized spacial score (nSPS) is 21.2. The van der Waals surface area contributed by atoms with Gasteiger partial charge in [0.25, 0.3) is 0 Å². The molecule has 1 unspecified atom stereocenters. The van der Waals surface area contributed by atoms with Crippen LogP contribution in [0.5, 0.6) is 0 Å². The molecule has 106 valence electrons. The quantitative estimate of drug-likeness (QED) is 0.809. The minimum absolute atomic E-state index is 0.0294. The summed E-state index contributed by atoms with van der Waals surface area (Å²) in [5.41, 5.74) is 1.85. The Hall–Kier alpha value is -1.88. The van der Waals surface area contributed by atoms with Gasteiger partial charge < -0.3 is 4.74 Å². The second kappa shape index (κ2) is 4.59. The number of hydrogen-bond acceptors (Lipinski definition) is 3. The molecule has 1 N–H and O–H groups in total. The maximum absolute atomic E-state index is 11.8. The molecule has 1 aliphatic heterocycles. The van der Waals surface area contributed by atoms with Gasteiger partial charge in [0.2, 0.25) is 0 Å². The number of hydrogen-bond donors (Lipinski definition) is 1. The number of aromatic amines is 1. The van der Waals surface area contributed by atoms with Crippen LogP contribution in [0.25, 0.3) is 0 Å². The maximum atomic E-state index is 11.8. The number of nitrogens with zero attached hydrogens (tertiary/aromatic N) is 1. The molecule has 1 aromatic carbocycles. The van der Waals surface area contributed by atoms with Crippen LogP contribution in [0.15, 0.2) is 33.6 Å². The molecule has 0 spiro atoms. The number of aromatic nitrogens is 2. The zero-order valence-corrected chi connectivity index (χ0v) is 12.0. The van der Waals surface area contributed by atoms with Crippen molar-refractivity contribution >= 4 is 0 Å². The summed E-state index contributed by atoms with van der Waals surface area (Å²) in [6.07, 6.45) is 0.762. The number of fused-ring (bicyclic) bond motifs is 1. The largest absolute Gasteiger partial charge is 0.433 e. The van der Waals surface area contributed by atoms with Crippen LogP contribution in [0.1, 0.15) is 43.2 Å². The first-order chi connectivity index (χ1) is 9.47. The van der Waals surface area contributed by atoms with E-state index in [9.17, 15) is 4.79 Å². The molecule has 1 aromatic heterocycles. The van der Waals surface area contributed by atoms with Crippen LogP contribution in [-0.4, -0.2) is 5.27 Å². The highest BCUT2D eigenvalue weighted by Crippen LogP contribution is 2.33. The summed E-state index contributed by atoms with van der Waals surface area (Å²) < 4.78 is 12.8. The summed E-state index contributed by atoms with van der Waals surface area (Å²) in [4.78, 5) is 11.8. The fourth-order valence-corrected chi connectivity index (χ4v) is 2.76. The van der Waals surface area contributed by atoms with Crippen molar-refractivity contribution in [2.45, 2.75) is 45.4 Å². The number of nitrogens with one attached hydrogen (secondary N) is 1. The van der Waals surface area contributed by atoms with Crippen LogP contribution in [0.2, 0.25) is 0 Å². The minimum atomic E-state index is -0.688. The molecule has 0 saturated heterocycles. The van der Waals surface area contributed by atoms with Gasteiger partial charge in [-0.1, -0.05) is 34.5 Å². The van der Waals surface area contributed by atoms with Gasteiger partial charge in [0.1, 0.15) is 0 Å². The smallest absolute Gasteiger partial charge is 0.356 e. The highest BCUT2D eigenvalue weighted by Gasteiger charge is 2.43. The van der Waals surface area contributed by atoms with Crippen LogP contribution in [-0.2, 0) is 16.9 Å².